The van der Waals surface area contributed by atoms with Crippen LogP contribution < -0.4 is 4.72 Å². The van der Waals surface area contributed by atoms with E-state index in [-0.39, 0.29) is 11.1 Å². The Kier molecular flexibility index (Phi) is 7.42. The van der Waals surface area contributed by atoms with Crippen molar-refractivity contribution in [1.29, 1.82) is 0 Å². The van der Waals surface area contributed by atoms with E-state index in [4.69, 9.17) is 0 Å². The molecule has 1 aliphatic heterocycles. The number of alkyl halides is 3. The molecule has 4 nitrogen and oxygen atoms in total. The van der Waals surface area contributed by atoms with Crippen LogP contribution in [0.4, 0.5) is 18.9 Å². The fraction of sp³-hybridized carbons (Fsp3) is 0.700. The van der Waals surface area contributed by atoms with E-state index < -0.39 is 15.5 Å². The van der Waals surface area contributed by atoms with E-state index in [1.807, 2.05) is 0 Å². The van der Waals surface area contributed by atoms with E-state index in [9.17, 15) is 21.6 Å². The lowest BCUT2D eigenvalue weighted by atomic mass is 9.68. The summed E-state index contributed by atoms with van der Waals surface area (Å²) in [6.45, 7) is 9.69. The van der Waals surface area contributed by atoms with Crippen LogP contribution in [-0.4, -0.2) is 38.5 Å². The molecular weight excluding hydrogens is 389 g/mol. The van der Waals surface area contributed by atoms with Gasteiger partial charge in [-0.25, -0.2) is 0 Å². The van der Waals surface area contributed by atoms with Crippen LogP contribution in [0.1, 0.15) is 58.4 Å². The first-order valence-corrected chi connectivity index (χ1v) is 11.4. The van der Waals surface area contributed by atoms with Gasteiger partial charge in [-0.1, -0.05) is 52.2 Å². The van der Waals surface area contributed by atoms with Crippen LogP contribution in [0, 0.1) is 5.92 Å². The number of nitrogens with zero attached hydrogens (tertiary/aromatic N) is 1. The number of benzene rings is 1. The molecule has 0 spiro atoms. The van der Waals surface area contributed by atoms with Crippen molar-refractivity contribution in [2.45, 2.75) is 63.8 Å². The molecule has 0 aliphatic carbocycles. The minimum absolute atomic E-state index is 0.0781. The lowest BCUT2D eigenvalue weighted by Crippen LogP contribution is -2.47. The minimum Gasteiger partial charge on any atom is -0.303 e. The summed E-state index contributed by atoms with van der Waals surface area (Å²) >= 11 is 0. The fourth-order valence-corrected chi connectivity index (χ4v) is 4.41. The Hall–Kier alpha value is -1.28. The van der Waals surface area contributed by atoms with Crippen LogP contribution in [0.5, 0.6) is 0 Å². The summed E-state index contributed by atoms with van der Waals surface area (Å²) in [6.07, 6.45) is 5.93. The lowest BCUT2D eigenvalue weighted by Gasteiger charge is -2.45. The Morgan fingerprint density at radius 1 is 1.18 bits per heavy atom. The van der Waals surface area contributed by atoms with E-state index in [1.54, 1.807) is 16.9 Å². The molecular formula is C20H31F3N2O2S. The predicted octanol–water partition coefficient (Wildman–Crippen LogP) is 5.13. The number of sulfonamides is 1. The van der Waals surface area contributed by atoms with Crippen molar-refractivity contribution in [2.24, 2.45) is 5.92 Å². The molecule has 0 saturated carbocycles. The zero-order valence-corrected chi connectivity index (χ0v) is 17.7. The zero-order chi connectivity index (χ0) is 21.0. The van der Waals surface area contributed by atoms with Crippen LogP contribution in [0.2, 0.25) is 0 Å². The van der Waals surface area contributed by atoms with E-state index in [0.29, 0.717) is 5.92 Å². The second-order valence-electron chi connectivity index (χ2n) is 8.06. The number of halogens is 3. The molecule has 8 heteroatoms. The van der Waals surface area contributed by atoms with Crippen molar-refractivity contribution in [2.75, 3.05) is 24.4 Å². The molecule has 1 heterocycles. The second kappa shape index (κ2) is 9.03. The Labute approximate surface area is 166 Å². The fourth-order valence-electron chi connectivity index (χ4n) is 3.84. The first-order chi connectivity index (χ1) is 13.0. The smallest absolute Gasteiger partial charge is 0.303 e. The van der Waals surface area contributed by atoms with Crippen LogP contribution in [0.25, 0.3) is 0 Å². The number of hydrogen-bond acceptors (Lipinski definition) is 3. The van der Waals surface area contributed by atoms with Gasteiger partial charge in [0.25, 0.3) is 0 Å². The monoisotopic (exact) mass is 420 g/mol. The van der Waals surface area contributed by atoms with Gasteiger partial charge < -0.3 is 4.90 Å². The van der Waals surface area contributed by atoms with Gasteiger partial charge in [0.2, 0.25) is 0 Å². The SMILES string of the molecule is CCCCCCN1CCC(C)(c2ccc(NS(=O)(=O)C(F)(F)F)cc2)C(C)C1. The van der Waals surface area contributed by atoms with Gasteiger partial charge in [-0.15, -0.1) is 0 Å². The summed E-state index contributed by atoms with van der Waals surface area (Å²) < 4.78 is 61.6. The third kappa shape index (κ3) is 5.41. The Bertz CT molecular complexity index is 735. The molecule has 1 aliphatic rings. The minimum atomic E-state index is -5.39. The average Bonchev–Trinajstić information content (AvgIpc) is 2.61. The Morgan fingerprint density at radius 3 is 2.36 bits per heavy atom. The molecule has 0 amide bonds. The molecule has 1 N–H and O–H groups in total. The quantitative estimate of drug-likeness (QED) is 0.593. The summed E-state index contributed by atoms with van der Waals surface area (Å²) in [5.41, 5.74) is -4.46. The highest BCUT2D eigenvalue weighted by atomic mass is 32.2. The first kappa shape index (κ1) is 23.0. The van der Waals surface area contributed by atoms with Crippen molar-refractivity contribution in [3.05, 3.63) is 29.8 Å². The largest absolute Gasteiger partial charge is 0.516 e. The van der Waals surface area contributed by atoms with Gasteiger partial charge in [0.1, 0.15) is 0 Å². The third-order valence-electron chi connectivity index (χ3n) is 6.00. The maximum Gasteiger partial charge on any atom is 0.516 e. The molecule has 1 aromatic rings. The lowest BCUT2D eigenvalue weighted by molar-refractivity contribution is -0.0429. The number of hydrogen-bond donors (Lipinski definition) is 1. The molecule has 2 atom stereocenters. The normalized spacial score (nSPS) is 24.3. The van der Waals surface area contributed by atoms with Gasteiger partial charge in [-0.2, -0.15) is 21.6 Å². The van der Waals surface area contributed by atoms with Crippen molar-refractivity contribution in [3.8, 4) is 0 Å². The first-order valence-electron chi connectivity index (χ1n) is 9.91. The number of piperidine rings is 1. The standard InChI is InChI=1S/C20H31F3N2O2S/c1-4-5-6-7-13-25-14-12-19(3,16(2)15-25)17-8-10-18(11-9-17)24-28(26,27)20(21,22)23/h8-11,16,24H,4-7,12-15H2,1-3H3. The third-order valence-corrected chi connectivity index (χ3v) is 7.11. The summed E-state index contributed by atoms with van der Waals surface area (Å²) in [7, 11) is -5.39. The summed E-state index contributed by atoms with van der Waals surface area (Å²) in [5.74, 6) is 0.394. The highest BCUT2D eigenvalue weighted by Crippen LogP contribution is 2.40. The molecule has 1 fully saturated rings. The maximum absolute atomic E-state index is 12.5. The maximum atomic E-state index is 12.5. The van der Waals surface area contributed by atoms with Crippen molar-refractivity contribution in [1.82, 2.24) is 4.90 Å². The molecule has 160 valence electrons. The molecule has 2 unspecified atom stereocenters. The summed E-state index contributed by atoms with van der Waals surface area (Å²) in [5, 5.41) is 0. The molecule has 0 radical (unpaired) electrons. The number of nitrogens with one attached hydrogen (secondary N) is 1. The predicted molar refractivity (Wildman–Crippen MR) is 107 cm³/mol. The summed E-state index contributed by atoms with van der Waals surface area (Å²) in [4.78, 5) is 2.49. The van der Waals surface area contributed by atoms with Gasteiger partial charge in [0.15, 0.2) is 0 Å². The summed E-state index contributed by atoms with van der Waals surface area (Å²) in [6, 6.07) is 6.30. The molecule has 1 aromatic carbocycles. The van der Waals surface area contributed by atoms with Gasteiger partial charge in [0.05, 0.1) is 0 Å². The average molecular weight is 421 g/mol. The van der Waals surface area contributed by atoms with Gasteiger partial charge in [-0.05, 0) is 55.0 Å². The van der Waals surface area contributed by atoms with Crippen LogP contribution in [0.3, 0.4) is 0 Å². The topological polar surface area (TPSA) is 49.4 Å². The van der Waals surface area contributed by atoms with E-state index in [1.165, 1.54) is 37.8 Å². The molecule has 2 rings (SSSR count). The van der Waals surface area contributed by atoms with Gasteiger partial charge in [0, 0.05) is 12.2 Å². The van der Waals surface area contributed by atoms with E-state index in [2.05, 4.69) is 25.7 Å². The number of likely N-dealkylation sites (tertiary alicyclic amines) is 1. The van der Waals surface area contributed by atoms with Crippen LogP contribution in [-0.2, 0) is 15.4 Å². The van der Waals surface area contributed by atoms with Crippen LogP contribution in [0.15, 0.2) is 24.3 Å². The van der Waals surface area contributed by atoms with Gasteiger partial charge >= 0.3 is 15.5 Å². The molecule has 0 bridgehead atoms. The van der Waals surface area contributed by atoms with E-state index >= 15 is 0 Å². The highest BCUT2D eigenvalue weighted by molar-refractivity contribution is 7.93. The number of anilines is 1. The highest BCUT2D eigenvalue weighted by Gasteiger charge is 2.46. The van der Waals surface area contributed by atoms with Crippen molar-refractivity contribution in [3.63, 3.8) is 0 Å². The van der Waals surface area contributed by atoms with Crippen LogP contribution >= 0.6 is 0 Å². The van der Waals surface area contributed by atoms with Gasteiger partial charge in [-0.3, -0.25) is 4.72 Å². The Morgan fingerprint density at radius 2 is 1.82 bits per heavy atom. The van der Waals surface area contributed by atoms with Crippen molar-refractivity contribution >= 4 is 15.7 Å². The molecule has 1 saturated heterocycles. The zero-order valence-electron chi connectivity index (χ0n) is 16.8. The molecule has 28 heavy (non-hydrogen) atoms. The van der Waals surface area contributed by atoms with Crippen molar-refractivity contribution < 1.29 is 21.6 Å². The Balaban J connectivity index is 2.01. The second-order valence-corrected chi connectivity index (χ2v) is 9.73. The van der Waals surface area contributed by atoms with E-state index in [0.717, 1.165) is 31.6 Å². The number of unbranched alkanes of at least 4 members (excludes halogenated alkanes) is 3. The number of rotatable bonds is 8. The molecule has 0 aromatic heterocycles.